The fourth-order valence-electron chi connectivity index (χ4n) is 4.26. The first kappa shape index (κ1) is 19.4. The number of pyridine rings is 1. The third-order valence-electron chi connectivity index (χ3n) is 5.92. The molecule has 4 aromatic rings. The van der Waals surface area contributed by atoms with E-state index in [1.165, 1.54) is 0 Å². The number of aliphatic hydroxyl groups excluding tert-OH is 1. The summed E-state index contributed by atoms with van der Waals surface area (Å²) < 4.78 is 12.0. The van der Waals surface area contributed by atoms with Crippen LogP contribution in [0.2, 0.25) is 5.15 Å². The molecule has 5 nitrogen and oxygen atoms in total. The highest BCUT2D eigenvalue weighted by atomic mass is 35.5. The number of aromatic nitrogens is 1. The van der Waals surface area contributed by atoms with Crippen molar-refractivity contribution >= 4 is 33.3 Å². The Bertz CT molecular complexity index is 1260. The van der Waals surface area contributed by atoms with Crippen LogP contribution in [0.15, 0.2) is 53.1 Å². The number of ether oxygens (including phenoxy) is 1. The number of halogens is 1. The van der Waals surface area contributed by atoms with Crippen LogP contribution in [0.4, 0.5) is 0 Å². The third-order valence-corrected chi connectivity index (χ3v) is 6.12. The Morgan fingerprint density at radius 3 is 2.80 bits per heavy atom. The number of aryl methyl sites for hydroxylation is 1. The van der Waals surface area contributed by atoms with E-state index in [0.29, 0.717) is 11.7 Å². The monoisotopic (exact) mass is 422 g/mol. The molecule has 2 atom stereocenters. The van der Waals surface area contributed by atoms with Gasteiger partial charge in [0.25, 0.3) is 0 Å². The van der Waals surface area contributed by atoms with E-state index in [4.69, 9.17) is 20.8 Å². The predicted molar refractivity (Wildman–Crippen MR) is 118 cm³/mol. The molecule has 0 saturated carbocycles. The van der Waals surface area contributed by atoms with Gasteiger partial charge in [-0.25, -0.2) is 4.98 Å². The zero-order valence-electron chi connectivity index (χ0n) is 17.1. The lowest BCUT2D eigenvalue weighted by Crippen LogP contribution is -2.52. The van der Waals surface area contributed by atoms with E-state index in [-0.39, 0.29) is 6.04 Å². The molecule has 0 unspecified atom stereocenters. The molecule has 0 amide bonds. The molecule has 6 heteroatoms. The zero-order chi connectivity index (χ0) is 21.0. The molecule has 30 heavy (non-hydrogen) atoms. The normalized spacial score (nSPS) is 20.3. The molecular formula is C24H23ClN2O3. The molecule has 1 aliphatic rings. The summed E-state index contributed by atoms with van der Waals surface area (Å²) in [6, 6.07) is 13.5. The van der Waals surface area contributed by atoms with Crippen molar-refractivity contribution in [2.75, 3.05) is 0 Å². The van der Waals surface area contributed by atoms with Gasteiger partial charge in [-0.1, -0.05) is 35.9 Å². The third kappa shape index (κ3) is 3.14. The van der Waals surface area contributed by atoms with Gasteiger partial charge in [-0.05, 0) is 44.5 Å². The second kappa shape index (κ2) is 6.98. The van der Waals surface area contributed by atoms with E-state index in [2.05, 4.69) is 10.3 Å². The summed E-state index contributed by atoms with van der Waals surface area (Å²) in [5.74, 6) is 1.58. The molecule has 0 fully saturated rings. The molecule has 2 N–H and O–H groups in total. The summed E-state index contributed by atoms with van der Waals surface area (Å²) in [5, 5.41) is 18.1. The topological polar surface area (TPSA) is 67.5 Å². The van der Waals surface area contributed by atoms with Crippen molar-refractivity contribution in [3.8, 4) is 5.75 Å². The van der Waals surface area contributed by atoms with E-state index >= 15 is 0 Å². The summed E-state index contributed by atoms with van der Waals surface area (Å²) in [4.78, 5) is 4.47. The molecule has 1 aliphatic heterocycles. The van der Waals surface area contributed by atoms with E-state index < -0.39 is 11.7 Å². The van der Waals surface area contributed by atoms with Crippen LogP contribution in [0, 0.1) is 6.92 Å². The van der Waals surface area contributed by atoms with Crippen LogP contribution in [-0.4, -0.2) is 21.8 Å². The SMILES string of the molecule is Cc1cc(Cl)nc2cc3c(cc12)OC(C)(C)[C@H](O)[C@H]3NCc1occ2ccccc12. The Kier molecular flexibility index (Phi) is 4.51. The molecule has 5 rings (SSSR count). The first-order valence-electron chi connectivity index (χ1n) is 10.00. The van der Waals surface area contributed by atoms with Gasteiger partial charge in [-0.3, -0.25) is 0 Å². The Morgan fingerprint density at radius 1 is 1.17 bits per heavy atom. The fourth-order valence-corrected chi connectivity index (χ4v) is 4.51. The van der Waals surface area contributed by atoms with Gasteiger partial charge in [0.15, 0.2) is 0 Å². The van der Waals surface area contributed by atoms with Crippen LogP contribution >= 0.6 is 11.6 Å². The number of aliphatic hydroxyl groups is 1. The molecule has 154 valence electrons. The standard InChI is InChI=1S/C24H23ClN2O3/c1-13-8-21(25)27-18-9-17-19(10-16(13)18)30-24(2,3)23(28)22(17)26-11-20-15-7-5-4-6-14(15)12-29-20/h4-10,12,22-23,26,28H,11H2,1-3H3/t22-,23+/m0/s1. The van der Waals surface area contributed by atoms with Crippen LogP contribution in [-0.2, 0) is 6.54 Å². The van der Waals surface area contributed by atoms with Crippen LogP contribution in [0.25, 0.3) is 21.7 Å². The number of rotatable bonds is 3. The van der Waals surface area contributed by atoms with E-state index in [9.17, 15) is 5.11 Å². The van der Waals surface area contributed by atoms with E-state index in [0.717, 1.165) is 44.3 Å². The summed E-state index contributed by atoms with van der Waals surface area (Å²) in [6.45, 7) is 6.27. The Balaban J connectivity index is 1.56. The molecule has 0 bridgehead atoms. The minimum absolute atomic E-state index is 0.349. The van der Waals surface area contributed by atoms with Gasteiger partial charge in [0.1, 0.15) is 28.4 Å². The van der Waals surface area contributed by atoms with Gasteiger partial charge in [-0.2, -0.15) is 0 Å². The minimum atomic E-state index is -0.760. The lowest BCUT2D eigenvalue weighted by atomic mass is 9.85. The van der Waals surface area contributed by atoms with Crippen molar-refractivity contribution in [2.24, 2.45) is 0 Å². The zero-order valence-corrected chi connectivity index (χ0v) is 17.8. The van der Waals surface area contributed by atoms with Gasteiger partial charge >= 0.3 is 0 Å². The maximum atomic E-state index is 11.1. The highest BCUT2D eigenvalue weighted by Crippen LogP contribution is 2.42. The van der Waals surface area contributed by atoms with Crippen molar-refractivity contribution in [3.05, 3.63) is 70.8 Å². The van der Waals surface area contributed by atoms with Gasteiger partial charge in [0.2, 0.25) is 0 Å². The van der Waals surface area contributed by atoms with Gasteiger partial charge in [0, 0.05) is 21.7 Å². The number of nitrogens with zero attached hydrogens (tertiary/aromatic N) is 1. The van der Waals surface area contributed by atoms with E-state index in [1.54, 1.807) is 6.26 Å². The molecular weight excluding hydrogens is 400 g/mol. The first-order valence-corrected chi connectivity index (χ1v) is 10.4. The number of furan rings is 1. The highest BCUT2D eigenvalue weighted by Gasteiger charge is 2.43. The Morgan fingerprint density at radius 2 is 1.97 bits per heavy atom. The fraction of sp³-hybridized carbons (Fsp3) is 0.292. The highest BCUT2D eigenvalue weighted by molar-refractivity contribution is 6.29. The van der Waals surface area contributed by atoms with Gasteiger partial charge in [0.05, 0.1) is 24.4 Å². The first-order chi connectivity index (χ1) is 14.3. The second-order valence-electron chi connectivity index (χ2n) is 8.42. The van der Waals surface area contributed by atoms with Crippen LogP contribution < -0.4 is 10.1 Å². The molecule has 0 spiro atoms. The average Bonchev–Trinajstić information content (AvgIpc) is 3.11. The quantitative estimate of drug-likeness (QED) is 0.438. The summed E-state index contributed by atoms with van der Waals surface area (Å²) >= 11 is 6.18. The van der Waals surface area contributed by atoms with Crippen molar-refractivity contribution in [1.29, 1.82) is 0 Å². The molecule has 0 aliphatic carbocycles. The minimum Gasteiger partial charge on any atom is -0.485 e. The van der Waals surface area contributed by atoms with E-state index in [1.807, 2.05) is 63.2 Å². The summed E-state index contributed by atoms with van der Waals surface area (Å²) in [7, 11) is 0. The largest absolute Gasteiger partial charge is 0.485 e. The maximum Gasteiger partial charge on any atom is 0.131 e. The maximum absolute atomic E-state index is 11.1. The number of fused-ring (bicyclic) bond motifs is 3. The van der Waals surface area contributed by atoms with Crippen LogP contribution in [0.5, 0.6) is 5.75 Å². The summed E-state index contributed by atoms with van der Waals surface area (Å²) in [6.07, 6.45) is 0.997. The predicted octanol–water partition coefficient (Wildman–Crippen LogP) is 5.31. The Hall–Kier alpha value is -2.60. The Labute approximate surface area is 179 Å². The average molecular weight is 423 g/mol. The lowest BCUT2D eigenvalue weighted by Gasteiger charge is -2.42. The molecule has 0 radical (unpaired) electrons. The summed E-state index contributed by atoms with van der Waals surface area (Å²) in [5.41, 5.74) is 1.92. The number of nitrogens with one attached hydrogen (secondary N) is 1. The molecule has 2 aromatic carbocycles. The van der Waals surface area contributed by atoms with Gasteiger partial charge in [-0.15, -0.1) is 0 Å². The van der Waals surface area contributed by atoms with Crippen molar-refractivity contribution in [1.82, 2.24) is 10.3 Å². The molecule has 2 aromatic heterocycles. The van der Waals surface area contributed by atoms with Crippen LogP contribution in [0.1, 0.15) is 36.8 Å². The number of hydrogen-bond acceptors (Lipinski definition) is 5. The van der Waals surface area contributed by atoms with Crippen molar-refractivity contribution < 1.29 is 14.3 Å². The lowest BCUT2D eigenvalue weighted by molar-refractivity contribution is -0.0649. The van der Waals surface area contributed by atoms with Crippen molar-refractivity contribution in [3.63, 3.8) is 0 Å². The molecule has 0 saturated heterocycles. The number of hydrogen-bond donors (Lipinski definition) is 2. The smallest absolute Gasteiger partial charge is 0.131 e. The van der Waals surface area contributed by atoms with Crippen LogP contribution in [0.3, 0.4) is 0 Å². The van der Waals surface area contributed by atoms with Gasteiger partial charge < -0.3 is 19.6 Å². The van der Waals surface area contributed by atoms with Crippen molar-refractivity contribution in [2.45, 2.75) is 45.1 Å². The number of benzene rings is 2. The molecule has 3 heterocycles. The second-order valence-corrected chi connectivity index (χ2v) is 8.81.